The van der Waals surface area contributed by atoms with Gasteiger partial charge in [-0.05, 0) is 55.2 Å². The van der Waals surface area contributed by atoms with Gasteiger partial charge in [-0.25, -0.2) is 0 Å². The summed E-state index contributed by atoms with van der Waals surface area (Å²) in [5, 5.41) is 6.27. The zero-order valence-corrected chi connectivity index (χ0v) is 12.3. The number of carbonyl (C=O) groups is 1. The van der Waals surface area contributed by atoms with Crippen molar-refractivity contribution in [2.75, 3.05) is 16.4 Å². The molecule has 3 rings (SSSR count). The van der Waals surface area contributed by atoms with E-state index in [1.165, 1.54) is 5.56 Å². The molecule has 1 aliphatic rings. The normalized spacial score (nSPS) is 13.5. The number of nitrogens with two attached hydrogens (primary N) is 1. The standard InChI is InChI=1S/C17H19N3O/c1-10-3-4-11(2)14(7-10)19-16-9-15-12(8-13(16)18)5-6-17(21)20-15/h3-4,7-9,19H,5-6,18H2,1-2H3,(H,20,21). The number of fused-ring (bicyclic) bond motifs is 1. The largest absolute Gasteiger partial charge is 0.397 e. The van der Waals surface area contributed by atoms with E-state index in [1.807, 2.05) is 12.1 Å². The number of nitrogens with one attached hydrogen (secondary N) is 2. The molecule has 0 atom stereocenters. The van der Waals surface area contributed by atoms with Gasteiger partial charge in [0, 0.05) is 17.8 Å². The third-order valence-corrected chi connectivity index (χ3v) is 3.83. The zero-order chi connectivity index (χ0) is 15.0. The monoisotopic (exact) mass is 281 g/mol. The molecule has 0 aliphatic carbocycles. The number of aryl methyl sites for hydroxylation is 3. The molecule has 1 heterocycles. The van der Waals surface area contributed by atoms with Crippen LogP contribution < -0.4 is 16.4 Å². The smallest absolute Gasteiger partial charge is 0.224 e. The molecule has 4 nitrogen and oxygen atoms in total. The Kier molecular flexibility index (Phi) is 3.29. The lowest BCUT2D eigenvalue weighted by Gasteiger charge is -2.20. The van der Waals surface area contributed by atoms with Crippen molar-refractivity contribution in [2.24, 2.45) is 0 Å². The maximum absolute atomic E-state index is 11.5. The molecule has 108 valence electrons. The number of hydrogen-bond acceptors (Lipinski definition) is 3. The molecule has 0 aromatic heterocycles. The lowest BCUT2D eigenvalue weighted by Crippen LogP contribution is -2.19. The van der Waals surface area contributed by atoms with E-state index >= 15 is 0 Å². The highest BCUT2D eigenvalue weighted by Gasteiger charge is 2.16. The van der Waals surface area contributed by atoms with E-state index in [1.54, 1.807) is 0 Å². The minimum Gasteiger partial charge on any atom is -0.397 e. The second kappa shape index (κ2) is 5.13. The second-order valence-corrected chi connectivity index (χ2v) is 5.59. The van der Waals surface area contributed by atoms with Crippen LogP contribution in [0.2, 0.25) is 0 Å². The molecular formula is C17H19N3O. The molecule has 0 saturated carbocycles. The van der Waals surface area contributed by atoms with Crippen molar-refractivity contribution in [1.29, 1.82) is 0 Å². The highest BCUT2D eigenvalue weighted by Crippen LogP contribution is 2.33. The van der Waals surface area contributed by atoms with Crippen molar-refractivity contribution in [2.45, 2.75) is 26.7 Å². The van der Waals surface area contributed by atoms with Crippen LogP contribution in [0.25, 0.3) is 0 Å². The van der Waals surface area contributed by atoms with Crippen molar-refractivity contribution >= 4 is 28.7 Å². The molecule has 0 radical (unpaired) electrons. The highest BCUT2D eigenvalue weighted by molar-refractivity contribution is 5.96. The third-order valence-electron chi connectivity index (χ3n) is 3.83. The predicted molar refractivity (Wildman–Crippen MR) is 87.0 cm³/mol. The minimum absolute atomic E-state index is 0.0601. The van der Waals surface area contributed by atoms with Crippen LogP contribution in [0.5, 0.6) is 0 Å². The fourth-order valence-corrected chi connectivity index (χ4v) is 2.57. The van der Waals surface area contributed by atoms with Crippen LogP contribution in [0, 0.1) is 13.8 Å². The first kappa shape index (κ1) is 13.5. The van der Waals surface area contributed by atoms with Crippen molar-refractivity contribution in [3.63, 3.8) is 0 Å². The fraction of sp³-hybridized carbons (Fsp3) is 0.235. The molecule has 4 N–H and O–H groups in total. The topological polar surface area (TPSA) is 67.1 Å². The van der Waals surface area contributed by atoms with Gasteiger partial charge in [-0.1, -0.05) is 12.1 Å². The van der Waals surface area contributed by atoms with Gasteiger partial charge in [0.15, 0.2) is 0 Å². The Hall–Kier alpha value is -2.49. The van der Waals surface area contributed by atoms with Gasteiger partial charge in [-0.15, -0.1) is 0 Å². The van der Waals surface area contributed by atoms with Crippen LogP contribution >= 0.6 is 0 Å². The Labute approximate surface area is 124 Å². The maximum atomic E-state index is 11.5. The lowest BCUT2D eigenvalue weighted by atomic mass is 10.0. The summed E-state index contributed by atoms with van der Waals surface area (Å²) in [5.74, 6) is 0.0601. The van der Waals surface area contributed by atoms with Crippen LogP contribution in [-0.2, 0) is 11.2 Å². The van der Waals surface area contributed by atoms with E-state index in [-0.39, 0.29) is 5.91 Å². The van der Waals surface area contributed by atoms with Crippen molar-refractivity contribution in [1.82, 2.24) is 0 Å². The number of anilines is 4. The van der Waals surface area contributed by atoms with Gasteiger partial charge in [-0.3, -0.25) is 4.79 Å². The molecule has 1 aliphatic heterocycles. The van der Waals surface area contributed by atoms with Gasteiger partial charge in [0.05, 0.1) is 11.4 Å². The van der Waals surface area contributed by atoms with Crippen LogP contribution in [0.4, 0.5) is 22.7 Å². The predicted octanol–water partition coefficient (Wildman–Crippen LogP) is 3.51. The number of benzene rings is 2. The van der Waals surface area contributed by atoms with Gasteiger partial charge in [-0.2, -0.15) is 0 Å². The summed E-state index contributed by atoms with van der Waals surface area (Å²) in [6.07, 6.45) is 1.27. The molecule has 4 heteroatoms. The third kappa shape index (κ3) is 2.70. The number of nitrogen functional groups attached to an aromatic ring is 1. The van der Waals surface area contributed by atoms with Crippen LogP contribution in [-0.4, -0.2) is 5.91 Å². The summed E-state index contributed by atoms with van der Waals surface area (Å²) < 4.78 is 0. The molecule has 21 heavy (non-hydrogen) atoms. The van der Waals surface area contributed by atoms with E-state index < -0.39 is 0 Å². The molecule has 0 unspecified atom stereocenters. The number of carbonyl (C=O) groups excluding carboxylic acids is 1. The average molecular weight is 281 g/mol. The fourth-order valence-electron chi connectivity index (χ4n) is 2.57. The quantitative estimate of drug-likeness (QED) is 0.738. The summed E-state index contributed by atoms with van der Waals surface area (Å²) in [4.78, 5) is 11.5. The summed E-state index contributed by atoms with van der Waals surface area (Å²) in [7, 11) is 0. The van der Waals surface area contributed by atoms with Gasteiger partial charge in [0.25, 0.3) is 0 Å². The Balaban J connectivity index is 1.97. The van der Waals surface area contributed by atoms with Crippen LogP contribution in [0.15, 0.2) is 30.3 Å². The Bertz CT molecular complexity index is 722. The van der Waals surface area contributed by atoms with Gasteiger partial charge < -0.3 is 16.4 Å². The van der Waals surface area contributed by atoms with Gasteiger partial charge in [0.1, 0.15) is 0 Å². The van der Waals surface area contributed by atoms with Crippen LogP contribution in [0.1, 0.15) is 23.1 Å². The van der Waals surface area contributed by atoms with Crippen LogP contribution in [0.3, 0.4) is 0 Å². The van der Waals surface area contributed by atoms with Crippen molar-refractivity contribution in [3.05, 3.63) is 47.0 Å². The lowest BCUT2D eigenvalue weighted by molar-refractivity contribution is -0.116. The molecule has 2 aromatic carbocycles. The number of rotatable bonds is 2. The highest BCUT2D eigenvalue weighted by atomic mass is 16.1. The zero-order valence-electron chi connectivity index (χ0n) is 12.3. The van der Waals surface area contributed by atoms with E-state index in [9.17, 15) is 4.79 Å². The van der Waals surface area contributed by atoms with Gasteiger partial charge in [0.2, 0.25) is 5.91 Å². The Morgan fingerprint density at radius 2 is 1.90 bits per heavy atom. The molecule has 0 spiro atoms. The molecule has 0 bridgehead atoms. The SMILES string of the molecule is Cc1ccc(C)c(Nc2cc3c(cc2N)CCC(=O)N3)c1. The molecule has 2 aromatic rings. The second-order valence-electron chi connectivity index (χ2n) is 5.59. The van der Waals surface area contributed by atoms with E-state index in [2.05, 4.69) is 42.7 Å². The summed E-state index contributed by atoms with van der Waals surface area (Å²) in [6, 6.07) is 10.1. The van der Waals surface area contributed by atoms with E-state index in [0.717, 1.165) is 34.6 Å². The molecule has 1 amide bonds. The molecule has 0 saturated heterocycles. The number of amides is 1. The summed E-state index contributed by atoms with van der Waals surface area (Å²) in [5.41, 5.74) is 13.0. The first-order valence-electron chi connectivity index (χ1n) is 7.09. The minimum atomic E-state index is 0.0601. The summed E-state index contributed by atoms with van der Waals surface area (Å²) in [6.45, 7) is 4.11. The first-order valence-corrected chi connectivity index (χ1v) is 7.09. The maximum Gasteiger partial charge on any atom is 0.224 e. The molecular weight excluding hydrogens is 262 g/mol. The summed E-state index contributed by atoms with van der Waals surface area (Å²) >= 11 is 0. The number of hydrogen-bond donors (Lipinski definition) is 3. The van der Waals surface area contributed by atoms with Crippen molar-refractivity contribution in [3.8, 4) is 0 Å². The average Bonchev–Trinajstić information content (AvgIpc) is 2.44. The molecule has 0 fully saturated rings. The van der Waals surface area contributed by atoms with E-state index in [0.29, 0.717) is 12.1 Å². The Morgan fingerprint density at radius 3 is 2.71 bits per heavy atom. The first-order chi connectivity index (χ1) is 10.0. The van der Waals surface area contributed by atoms with Crippen molar-refractivity contribution < 1.29 is 4.79 Å². The van der Waals surface area contributed by atoms with Gasteiger partial charge >= 0.3 is 0 Å². The van der Waals surface area contributed by atoms with E-state index in [4.69, 9.17) is 5.73 Å². The Morgan fingerprint density at radius 1 is 1.10 bits per heavy atom.